The predicted molar refractivity (Wildman–Crippen MR) is 63.2 cm³/mol. The Labute approximate surface area is 96.7 Å². The molecule has 6 heteroatoms. The summed E-state index contributed by atoms with van der Waals surface area (Å²) < 4.78 is 0. The first-order valence-corrected chi connectivity index (χ1v) is 5.66. The fourth-order valence-electron chi connectivity index (χ4n) is 1.31. The van der Waals surface area contributed by atoms with Gasteiger partial charge in [-0.15, -0.1) is 11.3 Å². The molecule has 0 fully saturated rings. The number of thiophene rings is 1. The van der Waals surface area contributed by atoms with Crippen LogP contribution in [0.2, 0.25) is 0 Å². The number of amides is 1. The Morgan fingerprint density at radius 3 is 3.06 bits per heavy atom. The smallest absolute Gasteiger partial charge is 0.271 e. The number of nitrogens with zero attached hydrogens (tertiary/aromatic N) is 1. The van der Waals surface area contributed by atoms with Crippen LogP contribution in [-0.2, 0) is 6.54 Å². The van der Waals surface area contributed by atoms with E-state index in [0.29, 0.717) is 17.9 Å². The first kappa shape index (κ1) is 10.7. The molecule has 0 spiro atoms. The highest BCUT2D eigenvalue weighted by Gasteiger charge is 2.11. The van der Waals surface area contributed by atoms with E-state index in [1.807, 2.05) is 18.4 Å². The van der Waals surface area contributed by atoms with Crippen LogP contribution in [0.15, 0.2) is 17.6 Å². The van der Waals surface area contributed by atoms with Crippen molar-refractivity contribution in [3.63, 3.8) is 0 Å². The van der Waals surface area contributed by atoms with Crippen LogP contribution in [-0.4, -0.2) is 16.1 Å². The van der Waals surface area contributed by atoms with Gasteiger partial charge in [-0.1, -0.05) is 0 Å². The SMILES string of the molecule is Cc1ccsc1CNC(=O)c1[nH]ncc1N. The molecule has 2 heterocycles. The monoisotopic (exact) mass is 236 g/mol. The molecular weight excluding hydrogens is 224 g/mol. The second-order valence-electron chi connectivity index (χ2n) is 3.41. The number of hydrogen-bond acceptors (Lipinski definition) is 4. The number of carbonyl (C=O) groups excluding carboxylic acids is 1. The van der Waals surface area contributed by atoms with Crippen LogP contribution in [0.5, 0.6) is 0 Å². The van der Waals surface area contributed by atoms with E-state index in [0.717, 1.165) is 4.88 Å². The molecule has 0 aromatic carbocycles. The van der Waals surface area contributed by atoms with Crippen LogP contribution in [0, 0.1) is 6.92 Å². The molecule has 0 bridgehead atoms. The molecule has 0 unspecified atom stereocenters. The minimum absolute atomic E-state index is 0.234. The summed E-state index contributed by atoms with van der Waals surface area (Å²) in [7, 11) is 0. The number of hydrogen-bond donors (Lipinski definition) is 3. The molecule has 0 aliphatic heterocycles. The fraction of sp³-hybridized carbons (Fsp3) is 0.200. The summed E-state index contributed by atoms with van der Waals surface area (Å²) in [4.78, 5) is 12.8. The molecule has 0 aliphatic rings. The van der Waals surface area contributed by atoms with E-state index in [1.54, 1.807) is 11.3 Å². The van der Waals surface area contributed by atoms with Gasteiger partial charge in [0.1, 0.15) is 5.69 Å². The summed E-state index contributed by atoms with van der Waals surface area (Å²) in [6, 6.07) is 2.02. The van der Waals surface area contributed by atoms with Gasteiger partial charge in [-0.3, -0.25) is 9.89 Å². The standard InChI is InChI=1S/C10H12N4OS/c1-6-2-3-16-8(6)5-12-10(15)9-7(11)4-13-14-9/h2-4H,5,11H2,1H3,(H,12,15)(H,13,14). The number of rotatable bonds is 3. The van der Waals surface area contributed by atoms with Gasteiger partial charge in [-0.2, -0.15) is 5.10 Å². The molecule has 5 nitrogen and oxygen atoms in total. The van der Waals surface area contributed by atoms with E-state index in [2.05, 4.69) is 15.5 Å². The van der Waals surface area contributed by atoms with Crippen molar-refractivity contribution in [2.24, 2.45) is 0 Å². The van der Waals surface area contributed by atoms with E-state index in [9.17, 15) is 4.79 Å². The lowest BCUT2D eigenvalue weighted by molar-refractivity contribution is 0.0947. The van der Waals surface area contributed by atoms with E-state index in [4.69, 9.17) is 5.73 Å². The third kappa shape index (κ3) is 2.06. The molecule has 0 atom stereocenters. The number of nitrogen functional groups attached to an aromatic ring is 1. The quantitative estimate of drug-likeness (QED) is 0.750. The maximum absolute atomic E-state index is 11.7. The Kier molecular flexibility index (Phi) is 2.91. The zero-order chi connectivity index (χ0) is 11.5. The van der Waals surface area contributed by atoms with E-state index in [1.165, 1.54) is 11.8 Å². The second-order valence-corrected chi connectivity index (χ2v) is 4.41. The largest absolute Gasteiger partial charge is 0.396 e. The Bertz CT molecular complexity index is 502. The van der Waals surface area contributed by atoms with E-state index >= 15 is 0 Å². The lowest BCUT2D eigenvalue weighted by atomic mass is 10.3. The van der Waals surface area contributed by atoms with Crippen molar-refractivity contribution >= 4 is 22.9 Å². The molecule has 0 saturated carbocycles. The Balaban J connectivity index is 1.99. The topological polar surface area (TPSA) is 83.8 Å². The zero-order valence-electron chi connectivity index (χ0n) is 8.78. The first-order valence-electron chi connectivity index (χ1n) is 4.78. The normalized spacial score (nSPS) is 10.3. The summed E-state index contributed by atoms with van der Waals surface area (Å²) in [5.41, 5.74) is 7.43. The Hall–Kier alpha value is -1.82. The van der Waals surface area contributed by atoms with Crippen LogP contribution in [0.3, 0.4) is 0 Å². The summed E-state index contributed by atoms with van der Waals surface area (Å²) in [6.07, 6.45) is 1.42. The van der Waals surface area contributed by atoms with Crippen LogP contribution in [0.25, 0.3) is 0 Å². The number of aromatic nitrogens is 2. The van der Waals surface area contributed by atoms with Gasteiger partial charge < -0.3 is 11.1 Å². The number of H-pyrrole nitrogens is 1. The van der Waals surface area contributed by atoms with Crippen LogP contribution < -0.4 is 11.1 Å². The summed E-state index contributed by atoms with van der Waals surface area (Å²) in [5, 5.41) is 11.1. The van der Waals surface area contributed by atoms with Crippen LogP contribution in [0.4, 0.5) is 5.69 Å². The lowest BCUT2D eigenvalue weighted by Gasteiger charge is -2.03. The number of nitrogens with one attached hydrogen (secondary N) is 2. The average Bonchev–Trinajstić information content (AvgIpc) is 2.84. The van der Waals surface area contributed by atoms with Gasteiger partial charge in [0, 0.05) is 4.88 Å². The number of nitrogens with two attached hydrogens (primary N) is 1. The lowest BCUT2D eigenvalue weighted by Crippen LogP contribution is -2.23. The number of carbonyl (C=O) groups is 1. The van der Waals surface area contributed by atoms with Crippen molar-refractivity contribution in [1.82, 2.24) is 15.5 Å². The van der Waals surface area contributed by atoms with Gasteiger partial charge in [0.2, 0.25) is 0 Å². The minimum Gasteiger partial charge on any atom is -0.396 e. The van der Waals surface area contributed by atoms with Crippen molar-refractivity contribution < 1.29 is 4.79 Å². The van der Waals surface area contributed by atoms with Gasteiger partial charge >= 0.3 is 0 Å². The van der Waals surface area contributed by atoms with Crippen LogP contribution in [0.1, 0.15) is 20.9 Å². The van der Waals surface area contributed by atoms with Crippen molar-refractivity contribution in [1.29, 1.82) is 0 Å². The Morgan fingerprint density at radius 2 is 2.50 bits per heavy atom. The number of anilines is 1. The molecule has 4 N–H and O–H groups in total. The van der Waals surface area contributed by atoms with Crippen molar-refractivity contribution in [3.8, 4) is 0 Å². The average molecular weight is 236 g/mol. The molecule has 2 aromatic heterocycles. The van der Waals surface area contributed by atoms with Gasteiger partial charge in [-0.05, 0) is 23.9 Å². The maximum Gasteiger partial charge on any atom is 0.271 e. The highest BCUT2D eigenvalue weighted by Crippen LogP contribution is 2.15. The highest BCUT2D eigenvalue weighted by molar-refractivity contribution is 7.10. The molecule has 0 radical (unpaired) electrons. The molecular formula is C10H12N4OS. The van der Waals surface area contributed by atoms with Crippen LogP contribution >= 0.6 is 11.3 Å². The number of aryl methyl sites for hydroxylation is 1. The molecule has 1 amide bonds. The van der Waals surface area contributed by atoms with Gasteiger partial charge in [-0.25, -0.2) is 0 Å². The zero-order valence-corrected chi connectivity index (χ0v) is 9.60. The molecule has 16 heavy (non-hydrogen) atoms. The predicted octanol–water partition coefficient (Wildman–Crippen LogP) is 1.29. The highest BCUT2D eigenvalue weighted by atomic mass is 32.1. The molecule has 84 valence electrons. The maximum atomic E-state index is 11.7. The Morgan fingerprint density at radius 1 is 1.69 bits per heavy atom. The summed E-state index contributed by atoms with van der Waals surface area (Å²) in [6.45, 7) is 2.53. The first-order chi connectivity index (χ1) is 7.68. The summed E-state index contributed by atoms with van der Waals surface area (Å²) >= 11 is 1.62. The molecule has 2 aromatic rings. The second kappa shape index (κ2) is 4.36. The van der Waals surface area contributed by atoms with Gasteiger partial charge in [0.15, 0.2) is 0 Å². The molecule has 0 aliphatic carbocycles. The molecule has 0 saturated heterocycles. The third-order valence-electron chi connectivity index (χ3n) is 2.27. The van der Waals surface area contributed by atoms with Crippen molar-refractivity contribution in [3.05, 3.63) is 33.8 Å². The minimum atomic E-state index is -0.234. The van der Waals surface area contributed by atoms with E-state index < -0.39 is 0 Å². The van der Waals surface area contributed by atoms with Crippen molar-refractivity contribution in [2.45, 2.75) is 13.5 Å². The number of aromatic amines is 1. The third-order valence-corrected chi connectivity index (χ3v) is 3.30. The molecule has 2 rings (SSSR count). The summed E-state index contributed by atoms with van der Waals surface area (Å²) in [5.74, 6) is -0.234. The van der Waals surface area contributed by atoms with Gasteiger partial charge in [0.05, 0.1) is 18.4 Å². The van der Waals surface area contributed by atoms with Crippen molar-refractivity contribution in [2.75, 3.05) is 5.73 Å². The van der Waals surface area contributed by atoms with E-state index in [-0.39, 0.29) is 5.91 Å². The van der Waals surface area contributed by atoms with Gasteiger partial charge in [0.25, 0.3) is 5.91 Å². The fourth-order valence-corrected chi connectivity index (χ4v) is 2.16.